The SMILES string of the molecule is CCCCCC/C=C/C#Cc1ccccc1. The van der Waals surface area contributed by atoms with Crippen molar-refractivity contribution in [1.82, 2.24) is 0 Å². The van der Waals surface area contributed by atoms with Crippen LogP contribution in [0.3, 0.4) is 0 Å². The molecule has 0 aromatic heterocycles. The van der Waals surface area contributed by atoms with E-state index in [9.17, 15) is 0 Å². The smallest absolute Gasteiger partial charge is 0.0248 e. The highest BCUT2D eigenvalue weighted by Crippen LogP contribution is 2.02. The van der Waals surface area contributed by atoms with Gasteiger partial charge in [0.2, 0.25) is 0 Å². The van der Waals surface area contributed by atoms with Crippen LogP contribution < -0.4 is 0 Å². The molecule has 0 heterocycles. The Kier molecular flexibility index (Phi) is 6.92. The molecule has 1 aromatic carbocycles. The third kappa shape index (κ3) is 6.09. The summed E-state index contributed by atoms with van der Waals surface area (Å²) in [4.78, 5) is 0. The van der Waals surface area contributed by atoms with Gasteiger partial charge in [0, 0.05) is 5.56 Å². The first-order chi connectivity index (χ1) is 7.93. The highest BCUT2D eigenvalue weighted by molar-refractivity contribution is 5.36. The maximum Gasteiger partial charge on any atom is 0.0248 e. The topological polar surface area (TPSA) is 0 Å². The molecule has 0 fully saturated rings. The average Bonchev–Trinajstić information content (AvgIpc) is 2.34. The zero-order valence-electron chi connectivity index (χ0n) is 10.1. The van der Waals surface area contributed by atoms with Gasteiger partial charge in [-0.1, -0.05) is 62.3 Å². The van der Waals surface area contributed by atoms with E-state index in [2.05, 4.69) is 24.8 Å². The molecule has 0 saturated carbocycles. The Morgan fingerprint density at radius 3 is 2.62 bits per heavy atom. The minimum Gasteiger partial charge on any atom is -0.0761 e. The summed E-state index contributed by atoms with van der Waals surface area (Å²) in [6.07, 6.45) is 10.6. The van der Waals surface area contributed by atoms with Gasteiger partial charge in [-0.25, -0.2) is 0 Å². The lowest BCUT2D eigenvalue weighted by Gasteiger charge is -1.92. The van der Waals surface area contributed by atoms with Crippen LogP contribution in [0.15, 0.2) is 42.5 Å². The fraction of sp³-hybridized carbons (Fsp3) is 0.375. The highest BCUT2D eigenvalue weighted by atomic mass is 13.9. The number of unbranched alkanes of at least 4 members (excludes halogenated alkanes) is 4. The van der Waals surface area contributed by atoms with Crippen molar-refractivity contribution in [2.24, 2.45) is 0 Å². The summed E-state index contributed by atoms with van der Waals surface area (Å²) < 4.78 is 0. The molecule has 0 unspecified atom stereocenters. The maximum atomic E-state index is 3.11. The minimum absolute atomic E-state index is 1.08. The summed E-state index contributed by atoms with van der Waals surface area (Å²) >= 11 is 0. The van der Waals surface area contributed by atoms with Crippen molar-refractivity contribution in [3.63, 3.8) is 0 Å². The quantitative estimate of drug-likeness (QED) is 0.495. The van der Waals surface area contributed by atoms with Crippen LogP contribution in [-0.4, -0.2) is 0 Å². The summed E-state index contributed by atoms with van der Waals surface area (Å²) in [5.41, 5.74) is 1.08. The Balaban J connectivity index is 2.19. The van der Waals surface area contributed by atoms with E-state index in [4.69, 9.17) is 0 Å². The predicted molar refractivity (Wildman–Crippen MR) is 71.2 cm³/mol. The Morgan fingerprint density at radius 2 is 1.88 bits per heavy atom. The van der Waals surface area contributed by atoms with Gasteiger partial charge in [-0.3, -0.25) is 0 Å². The lowest BCUT2D eigenvalue weighted by Crippen LogP contribution is -1.73. The third-order valence-corrected chi connectivity index (χ3v) is 2.42. The monoisotopic (exact) mass is 212 g/mol. The number of allylic oxidation sites excluding steroid dienone is 2. The lowest BCUT2D eigenvalue weighted by atomic mass is 10.1. The fourth-order valence-electron chi connectivity index (χ4n) is 1.48. The third-order valence-electron chi connectivity index (χ3n) is 2.42. The molecule has 0 nitrogen and oxygen atoms in total. The first kappa shape index (κ1) is 12.6. The van der Waals surface area contributed by atoms with Gasteiger partial charge in [-0.2, -0.15) is 0 Å². The maximum absolute atomic E-state index is 3.11. The molecule has 0 heteroatoms. The van der Waals surface area contributed by atoms with Crippen LogP contribution in [0.25, 0.3) is 0 Å². The van der Waals surface area contributed by atoms with Gasteiger partial charge in [0.25, 0.3) is 0 Å². The zero-order valence-corrected chi connectivity index (χ0v) is 10.1. The van der Waals surface area contributed by atoms with Crippen molar-refractivity contribution in [2.45, 2.75) is 39.0 Å². The second kappa shape index (κ2) is 8.80. The van der Waals surface area contributed by atoms with Crippen molar-refractivity contribution in [3.05, 3.63) is 48.0 Å². The van der Waals surface area contributed by atoms with Crippen LogP contribution in [0.4, 0.5) is 0 Å². The predicted octanol–water partition coefficient (Wildman–Crippen LogP) is 4.56. The van der Waals surface area contributed by atoms with Gasteiger partial charge >= 0.3 is 0 Å². The summed E-state index contributed by atoms with van der Waals surface area (Å²) in [6, 6.07) is 10.1. The van der Waals surface area contributed by atoms with Crippen LogP contribution in [0, 0.1) is 11.8 Å². The average molecular weight is 212 g/mol. The molecule has 84 valence electrons. The van der Waals surface area contributed by atoms with Crippen molar-refractivity contribution in [3.8, 4) is 11.8 Å². The van der Waals surface area contributed by atoms with Crippen LogP contribution >= 0.6 is 0 Å². The molecule has 1 aromatic rings. The molecule has 0 saturated heterocycles. The van der Waals surface area contributed by atoms with Crippen LogP contribution in [0.1, 0.15) is 44.6 Å². The molecular weight excluding hydrogens is 192 g/mol. The summed E-state index contributed by atoms with van der Waals surface area (Å²) in [6.45, 7) is 2.24. The Hall–Kier alpha value is -1.48. The zero-order chi connectivity index (χ0) is 11.5. The number of rotatable bonds is 5. The van der Waals surface area contributed by atoms with Crippen molar-refractivity contribution in [1.29, 1.82) is 0 Å². The van der Waals surface area contributed by atoms with Crippen molar-refractivity contribution in [2.75, 3.05) is 0 Å². The summed E-state index contributed by atoms with van der Waals surface area (Å²) in [5, 5.41) is 0. The molecule has 0 spiro atoms. The van der Waals surface area contributed by atoms with Crippen LogP contribution in [0.2, 0.25) is 0 Å². The summed E-state index contributed by atoms with van der Waals surface area (Å²) in [5.74, 6) is 6.17. The van der Waals surface area contributed by atoms with E-state index in [1.54, 1.807) is 0 Å². The molecule has 0 atom stereocenters. The molecule has 0 N–H and O–H groups in total. The largest absolute Gasteiger partial charge is 0.0761 e. The van der Waals surface area contributed by atoms with E-state index in [-0.39, 0.29) is 0 Å². The van der Waals surface area contributed by atoms with Gasteiger partial charge in [-0.15, -0.1) is 0 Å². The van der Waals surface area contributed by atoms with E-state index >= 15 is 0 Å². The van der Waals surface area contributed by atoms with Crippen molar-refractivity contribution >= 4 is 0 Å². The summed E-state index contributed by atoms with van der Waals surface area (Å²) in [7, 11) is 0. The Bertz CT molecular complexity index is 349. The first-order valence-corrected chi connectivity index (χ1v) is 6.15. The lowest BCUT2D eigenvalue weighted by molar-refractivity contribution is 0.674. The normalized spacial score (nSPS) is 10.1. The molecule has 0 bridgehead atoms. The van der Waals surface area contributed by atoms with Gasteiger partial charge in [0.05, 0.1) is 0 Å². The molecule has 16 heavy (non-hydrogen) atoms. The van der Waals surface area contributed by atoms with Gasteiger partial charge in [0.1, 0.15) is 0 Å². The highest BCUT2D eigenvalue weighted by Gasteiger charge is 1.83. The van der Waals surface area contributed by atoms with Gasteiger partial charge < -0.3 is 0 Å². The van der Waals surface area contributed by atoms with E-state index < -0.39 is 0 Å². The molecular formula is C16H20. The fourth-order valence-corrected chi connectivity index (χ4v) is 1.48. The standard InChI is InChI=1S/C16H20/c1-2-3-4-5-6-7-8-10-13-16-14-11-9-12-15-16/h7-9,11-12,14-15H,2-6H2,1H3/b8-7+. The van der Waals surface area contributed by atoms with Gasteiger partial charge in [-0.05, 0) is 31.1 Å². The molecule has 0 radical (unpaired) electrons. The van der Waals surface area contributed by atoms with Crippen molar-refractivity contribution < 1.29 is 0 Å². The van der Waals surface area contributed by atoms with Gasteiger partial charge in [0.15, 0.2) is 0 Å². The second-order valence-electron chi connectivity index (χ2n) is 3.89. The Morgan fingerprint density at radius 1 is 1.06 bits per heavy atom. The first-order valence-electron chi connectivity index (χ1n) is 6.15. The molecule has 1 rings (SSSR count). The van der Waals surface area contributed by atoms with E-state index in [0.29, 0.717) is 0 Å². The van der Waals surface area contributed by atoms with E-state index in [1.807, 2.05) is 36.4 Å². The molecule has 0 aliphatic rings. The Labute approximate surface area is 99.4 Å². The minimum atomic E-state index is 1.08. The number of hydrogen-bond donors (Lipinski definition) is 0. The molecule has 0 aliphatic carbocycles. The number of benzene rings is 1. The second-order valence-corrected chi connectivity index (χ2v) is 3.89. The van der Waals surface area contributed by atoms with Crippen LogP contribution in [0.5, 0.6) is 0 Å². The molecule has 0 amide bonds. The van der Waals surface area contributed by atoms with E-state index in [1.165, 1.54) is 25.7 Å². The number of hydrogen-bond acceptors (Lipinski definition) is 0. The van der Waals surface area contributed by atoms with Crippen LogP contribution in [-0.2, 0) is 0 Å². The molecule has 0 aliphatic heterocycles. The van der Waals surface area contributed by atoms with E-state index in [0.717, 1.165) is 12.0 Å².